The van der Waals surface area contributed by atoms with Gasteiger partial charge in [0.1, 0.15) is 18.0 Å². The summed E-state index contributed by atoms with van der Waals surface area (Å²) in [7, 11) is 0. The molecule has 1 aromatic rings. The first-order valence-corrected chi connectivity index (χ1v) is 4.31. The Morgan fingerprint density at radius 2 is 2.14 bits per heavy atom. The highest BCUT2D eigenvalue weighted by Crippen LogP contribution is 2.11. The van der Waals surface area contributed by atoms with Crippen LogP contribution in [0.3, 0.4) is 0 Å². The zero-order chi connectivity index (χ0) is 10.6. The zero-order valence-corrected chi connectivity index (χ0v) is 8.15. The zero-order valence-electron chi connectivity index (χ0n) is 8.15. The number of allylic oxidation sites excluding steroid dienone is 1. The van der Waals surface area contributed by atoms with Crippen LogP contribution in [-0.4, -0.2) is 9.55 Å². The van der Waals surface area contributed by atoms with Crippen molar-refractivity contribution in [2.75, 3.05) is 0 Å². The van der Waals surface area contributed by atoms with Crippen molar-refractivity contribution in [1.82, 2.24) is 9.55 Å². The van der Waals surface area contributed by atoms with Gasteiger partial charge in [-0.05, 0) is 19.9 Å². The molecule has 0 aliphatic rings. The maximum Gasteiger partial charge on any atom is 0.177 e. The van der Waals surface area contributed by atoms with E-state index in [1.54, 1.807) is 10.6 Å². The van der Waals surface area contributed by atoms with Crippen LogP contribution in [0, 0.1) is 22.7 Å². The van der Waals surface area contributed by atoms with Crippen molar-refractivity contribution in [3.8, 4) is 12.1 Å². The van der Waals surface area contributed by atoms with E-state index < -0.39 is 0 Å². The Kier molecular flexibility index (Phi) is 3.04. The van der Waals surface area contributed by atoms with Gasteiger partial charge in [0.05, 0.1) is 0 Å². The molecule has 4 heteroatoms. The number of nitrogens with zero attached hydrogens (tertiary/aromatic N) is 4. The molecule has 0 atom stereocenters. The Morgan fingerprint density at radius 3 is 2.57 bits per heavy atom. The van der Waals surface area contributed by atoms with Crippen molar-refractivity contribution < 1.29 is 0 Å². The van der Waals surface area contributed by atoms with Crippen LogP contribution < -0.4 is 0 Å². The third kappa shape index (κ3) is 1.51. The summed E-state index contributed by atoms with van der Waals surface area (Å²) in [6, 6.07) is 3.90. The summed E-state index contributed by atoms with van der Waals surface area (Å²) in [5, 5.41) is 17.6. The average molecular weight is 186 g/mol. The normalized spacial score (nSPS) is 10.0. The lowest BCUT2D eigenvalue weighted by atomic mass is 10.3. The summed E-state index contributed by atoms with van der Waals surface area (Å²) in [6.45, 7) is 4.42. The fourth-order valence-corrected chi connectivity index (χ4v) is 1.26. The molecule has 0 aromatic carbocycles. The van der Waals surface area contributed by atoms with Crippen molar-refractivity contribution in [2.45, 2.75) is 20.4 Å². The van der Waals surface area contributed by atoms with Gasteiger partial charge in [-0.1, -0.05) is 6.08 Å². The Morgan fingerprint density at radius 1 is 1.43 bits per heavy atom. The first-order valence-electron chi connectivity index (χ1n) is 4.31. The van der Waals surface area contributed by atoms with Crippen molar-refractivity contribution in [3.05, 3.63) is 23.3 Å². The van der Waals surface area contributed by atoms with Gasteiger partial charge in [0.25, 0.3) is 0 Å². The Hall–Kier alpha value is -2.07. The molecule has 0 spiro atoms. The maximum atomic E-state index is 8.86. The summed E-state index contributed by atoms with van der Waals surface area (Å²) in [5.41, 5.74) is 0.533. The highest BCUT2D eigenvalue weighted by atomic mass is 15.1. The molecular weight excluding hydrogens is 176 g/mol. The molecule has 0 unspecified atom stereocenters. The van der Waals surface area contributed by atoms with Gasteiger partial charge in [-0.2, -0.15) is 10.5 Å². The topological polar surface area (TPSA) is 65.4 Å². The minimum atomic E-state index is 0.197. The molecule has 70 valence electrons. The molecule has 0 N–H and O–H groups in total. The second-order valence-corrected chi connectivity index (χ2v) is 2.64. The van der Waals surface area contributed by atoms with E-state index in [0.717, 1.165) is 0 Å². The lowest BCUT2D eigenvalue weighted by molar-refractivity contribution is 0.742. The molecule has 4 nitrogen and oxygen atoms in total. The monoisotopic (exact) mass is 186 g/mol. The summed E-state index contributed by atoms with van der Waals surface area (Å²) < 4.78 is 1.72. The molecule has 0 radical (unpaired) electrons. The number of nitriles is 2. The summed E-state index contributed by atoms with van der Waals surface area (Å²) >= 11 is 0. The van der Waals surface area contributed by atoms with Crippen LogP contribution in [0.5, 0.6) is 0 Å². The molecule has 0 bridgehead atoms. The van der Waals surface area contributed by atoms with E-state index in [-0.39, 0.29) is 5.69 Å². The average Bonchev–Trinajstić information content (AvgIpc) is 2.55. The van der Waals surface area contributed by atoms with Crippen molar-refractivity contribution in [3.63, 3.8) is 0 Å². The molecule has 0 fully saturated rings. The largest absolute Gasteiger partial charge is 0.315 e. The van der Waals surface area contributed by atoms with Gasteiger partial charge in [0.2, 0.25) is 0 Å². The van der Waals surface area contributed by atoms with Gasteiger partial charge in [0, 0.05) is 6.54 Å². The first-order chi connectivity index (χ1) is 6.78. The van der Waals surface area contributed by atoms with Crippen LogP contribution in [0.1, 0.15) is 31.1 Å². The van der Waals surface area contributed by atoms with Gasteiger partial charge in [0.15, 0.2) is 11.4 Å². The van der Waals surface area contributed by atoms with Crippen molar-refractivity contribution in [1.29, 1.82) is 10.5 Å². The van der Waals surface area contributed by atoms with Crippen LogP contribution in [-0.2, 0) is 6.54 Å². The fraction of sp³-hybridized carbons (Fsp3) is 0.300. The smallest absolute Gasteiger partial charge is 0.177 e. The van der Waals surface area contributed by atoms with Crippen molar-refractivity contribution in [2.24, 2.45) is 0 Å². The Balaban J connectivity index is 3.42. The van der Waals surface area contributed by atoms with Gasteiger partial charge < -0.3 is 4.57 Å². The number of hydrogen-bond acceptors (Lipinski definition) is 3. The Bertz CT molecular complexity index is 440. The highest BCUT2D eigenvalue weighted by Gasteiger charge is 2.13. The summed E-state index contributed by atoms with van der Waals surface area (Å²) in [4.78, 5) is 4.05. The van der Waals surface area contributed by atoms with Gasteiger partial charge in [-0.15, -0.1) is 0 Å². The third-order valence-corrected chi connectivity index (χ3v) is 1.84. The van der Waals surface area contributed by atoms with E-state index in [1.165, 1.54) is 0 Å². The first kappa shape index (κ1) is 10.0. The van der Waals surface area contributed by atoms with Gasteiger partial charge >= 0.3 is 0 Å². The van der Waals surface area contributed by atoms with E-state index in [2.05, 4.69) is 4.98 Å². The molecule has 1 rings (SSSR count). The highest BCUT2D eigenvalue weighted by molar-refractivity contribution is 5.48. The molecule has 0 saturated carbocycles. The standard InChI is InChI=1S/C10H10N4/c1-3-5-10-13-8(6-11)9(7-12)14(10)4-2/h3,5H,4H2,1-2H3. The number of hydrogen-bond donors (Lipinski definition) is 0. The van der Waals surface area contributed by atoms with E-state index >= 15 is 0 Å². The quantitative estimate of drug-likeness (QED) is 0.705. The minimum Gasteiger partial charge on any atom is -0.315 e. The van der Waals surface area contributed by atoms with E-state index in [9.17, 15) is 0 Å². The predicted molar refractivity (Wildman–Crippen MR) is 52.0 cm³/mol. The second kappa shape index (κ2) is 4.25. The van der Waals surface area contributed by atoms with Crippen molar-refractivity contribution >= 4 is 6.08 Å². The van der Waals surface area contributed by atoms with Crippen LogP contribution in [0.4, 0.5) is 0 Å². The summed E-state index contributed by atoms with van der Waals surface area (Å²) in [6.07, 6.45) is 3.61. The summed E-state index contributed by atoms with van der Waals surface area (Å²) in [5.74, 6) is 0.656. The molecule has 0 aliphatic carbocycles. The Labute approximate surface area is 82.7 Å². The third-order valence-electron chi connectivity index (χ3n) is 1.84. The van der Waals surface area contributed by atoms with Gasteiger partial charge in [-0.25, -0.2) is 4.98 Å². The van der Waals surface area contributed by atoms with E-state index in [4.69, 9.17) is 10.5 Å². The minimum absolute atomic E-state index is 0.197. The molecule has 14 heavy (non-hydrogen) atoms. The molecule has 0 amide bonds. The van der Waals surface area contributed by atoms with E-state index in [0.29, 0.717) is 18.1 Å². The fourth-order valence-electron chi connectivity index (χ4n) is 1.26. The SMILES string of the molecule is CC=Cc1nc(C#N)c(C#N)n1CC. The lowest BCUT2D eigenvalue weighted by Gasteiger charge is -2.00. The predicted octanol–water partition coefficient (Wildman–Crippen LogP) is 1.68. The van der Waals surface area contributed by atoms with E-state index in [1.807, 2.05) is 32.1 Å². The molecule has 1 heterocycles. The molecular formula is C10H10N4. The number of aromatic nitrogens is 2. The number of imidazole rings is 1. The second-order valence-electron chi connectivity index (χ2n) is 2.64. The van der Waals surface area contributed by atoms with Crippen LogP contribution in [0.2, 0.25) is 0 Å². The molecule has 1 aromatic heterocycles. The van der Waals surface area contributed by atoms with Gasteiger partial charge in [-0.3, -0.25) is 0 Å². The van der Waals surface area contributed by atoms with Crippen LogP contribution in [0.25, 0.3) is 6.08 Å². The molecule has 0 aliphatic heterocycles. The van der Waals surface area contributed by atoms with Crippen LogP contribution >= 0.6 is 0 Å². The van der Waals surface area contributed by atoms with Crippen LogP contribution in [0.15, 0.2) is 6.08 Å². The number of rotatable bonds is 2. The maximum absolute atomic E-state index is 8.86. The lowest BCUT2D eigenvalue weighted by Crippen LogP contribution is -2.00. The molecule has 0 saturated heterocycles.